The van der Waals surface area contributed by atoms with Crippen LogP contribution in [0.3, 0.4) is 0 Å². The quantitative estimate of drug-likeness (QED) is 0.201. The van der Waals surface area contributed by atoms with E-state index in [9.17, 15) is 4.79 Å². The van der Waals surface area contributed by atoms with E-state index in [1.807, 2.05) is 25.1 Å². The molecule has 1 saturated heterocycles. The Balaban J connectivity index is 2.01. The average Bonchev–Trinajstić information content (AvgIpc) is 3.26. The second-order valence-electron chi connectivity index (χ2n) is 9.19. The first-order chi connectivity index (χ1) is 16.7. The zero-order valence-electron chi connectivity index (χ0n) is 20.4. The minimum atomic E-state index is -3.67. The van der Waals surface area contributed by atoms with Crippen LogP contribution in [0.2, 0.25) is 0 Å². The van der Waals surface area contributed by atoms with E-state index in [-0.39, 0.29) is 17.7 Å². The van der Waals surface area contributed by atoms with Crippen LogP contribution in [0.4, 0.5) is 0 Å². The van der Waals surface area contributed by atoms with Gasteiger partial charge in [-0.1, -0.05) is 0 Å². The summed E-state index contributed by atoms with van der Waals surface area (Å²) in [6.07, 6.45) is 6.38. The number of carbonyl (C=O) groups excluding carboxylic acids is 1. The number of hydrogen-bond donors (Lipinski definition) is 0. The molecule has 1 heterocycles. The van der Waals surface area contributed by atoms with Gasteiger partial charge in [0, 0.05) is 0 Å². The summed E-state index contributed by atoms with van der Waals surface area (Å²) in [5.74, 6) is -0.146. The van der Waals surface area contributed by atoms with E-state index >= 15 is 0 Å². The van der Waals surface area contributed by atoms with Crippen molar-refractivity contribution in [2.75, 3.05) is 6.61 Å². The monoisotopic (exact) mass is 476 g/mol. The molecule has 0 N–H and O–H groups in total. The van der Waals surface area contributed by atoms with E-state index in [4.69, 9.17) is 9.26 Å². The van der Waals surface area contributed by atoms with Gasteiger partial charge < -0.3 is 0 Å². The average molecular weight is 477 g/mol. The summed E-state index contributed by atoms with van der Waals surface area (Å²) in [4.78, 5) is 13.8. The molecule has 0 aliphatic carbocycles. The van der Waals surface area contributed by atoms with Crippen molar-refractivity contribution in [1.29, 1.82) is 0 Å². The van der Waals surface area contributed by atoms with Crippen LogP contribution in [0, 0.1) is 0 Å². The van der Waals surface area contributed by atoms with E-state index in [1.165, 1.54) is 19.3 Å². The van der Waals surface area contributed by atoms with Gasteiger partial charge in [0.2, 0.25) is 0 Å². The predicted octanol–water partition coefficient (Wildman–Crippen LogP) is 6.12. The van der Waals surface area contributed by atoms with Crippen LogP contribution >= 0.6 is 6.83 Å². The minimum absolute atomic E-state index is 0.00421. The van der Waals surface area contributed by atoms with Crippen LogP contribution in [-0.4, -0.2) is 24.3 Å². The molecule has 3 aromatic carbocycles. The first-order valence-electron chi connectivity index (χ1n) is 12.7. The zero-order valence-corrected chi connectivity index (χ0v) is 21.3. The third-order valence-corrected chi connectivity index (χ3v) is 13.5. The molecule has 3 nitrogen and oxygen atoms in total. The Kier molecular flexibility index (Phi) is 7.86. The molecule has 0 amide bonds. The van der Waals surface area contributed by atoms with Gasteiger partial charge in [-0.2, -0.15) is 0 Å². The summed E-state index contributed by atoms with van der Waals surface area (Å²) in [6.45, 7) is 0.807. The van der Waals surface area contributed by atoms with E-state index in [0.29, 0.717) is 13.0 Å². The fourth-order valence-corrected chi connectivity index (χ4v) is 12.4. The molecule has 180 valence electrons. The normalized spacial score (nSPS) is 21.9. The molecule has 1 aliphatic rings. The molecular weight excluding hydrogens is 439 g/mol. The number of benzene rings is 3. The van der Waals surface area contributed by atoms with Crippen molar-refractivity contribution in [1.82, 2.24) is 0 Å². The Hall–Kier alpha value is -2.48. The van der Waals surface area contributed by atoms with Crippen LogP contribution in [0.5, 0.6) is 0 Å². The van der Waals surface area contributed by atoms with E-state index in [2.05, 4.69) is 79.7 Å². The molecular formula is C30H37O3P. The first kappa shape index (κ1) is 24.6. The molecule has 4 rings (SSSR count). The van der Waals surface area contributed by atoms with Gasteiger partial charge in [-0.3, -0.25) is 0 Å². The molecule has 0 radical (unpaired) electrons. The topological polar surface area (TPSA) is 35.5 Å². The van der Waals surface area contributed by atoms with Crippen LogP contribution in [0.25, 0.3) is 0 Å². The molecule has 1 aliphatic heterocycles. The fourth-order valence-electron chi connectivity index (χ4n) is 5.72. The molecule has 4 heteroatoms. The maximum atomic E-state index is 13.8. The Morgan fingerprint density at radius 3 is 1.74 bits per heavy atom. The molecule has 0 bridgehead atoms. The van der Waals surface area contributed by atoms with Crippen molar-refractivity contribution in [2.24, 2.45) is 0 Å². The van der Waals surface area contributed by atoms with Gasteiger partial charge in [-0.25, -0.2) is 0 Å². The Morgan fingerprint density at radius 1 is 0.794 bits per heavy atom. The molecule has 0 spiro atoms. The summed E-state index contributed by atoms with van der Waals surface area (Å²) in [6, 6.07) is 31.4. The number of ether oxygens (including phenoxy) is 1. The second kappa shape index (κ2) is 10.8. The fraction of sp³-hybridized carbons (Fsp3) is 0.367. The summed E-state index contributed by atoms with van der Waals surface area (Å²) in [7, 11) is 0. The third kappa shape index (κ3) is 4.10. The Labute approximate surface area is 204 Å². The molecule has 2 atom stereocenters. The molecule has 1 fully saturated rings. The molecule has 0 aromatic heterocycles. The van der Waals surface area contributed by atoms with Crippen molar-refractivity contribution in [2.45, 2.75) is 64.1 Å². The Bertz CT molecular complexity index is 953. The van der Waals surface area contributed by atoms with Crippen molar-refractivity contribution in [3.63, 3.8) is 0 Å². The van der Waals surface area contributed by atoms with Crippen LogP contribution in [-0.2, 0) is 14.1 Å². The SMILES string of the molecule is CCCCCCC1CC(C(=O)OCC)P(c2ccccc2)(c2ccccc2)(c2ccccc2)O1. The van der Waals surface area contributed by atoms with E-state index in [1.54, 1.807) is 0 Å². The Morgan fingerprint density at radius 2 is 1.29 bits per heavy atom. The van der Waals surface area contributed by atoms with Gasteiger partial charge in [0.15, 0.2) is 0 Å². The summed E-state index contributed by atoms with van der Waals surface area (Å²) >= 11 is 0. The number of unbranched alkanes of at least 4 members (excludes halogenated alkanes) is 3. The van der Waals surface area contributed by atoms with Crippen LogP contribution < -0.4 is 15.9 Å². The third-order valence-electron chi connectivity index (χ3n) is 7.19. The van der Waals surface area contributed by atoms with Gasteiger partial charge >= 0.3 is 205 Å². The van der Waals surface area contributed by atoms with Gasteiger partial charge in [-0.05, 0) is 0 Å². The predicted molar refractivity (Wildman–Crippen MR) is 144 cm³/mol. The van der Waals surface area contributed by atoms with Gasteiger partial charge in [0.1, 0.15) is 0 Å². The molecule has 2 unspecified atom stereocenters. The summed E-state index contributed by atoms with van der Waals surface area (Å²) < 4.78 is 13.3. The van der Waals surface area contributed by atoms with E-state index in [0.717, 1.165) is 28.8 Å². The number of carbonyl (C=O) groups is 1. The standard InChI is InChI=1S/C30H37O3P/c1-3-5-6-10-17-25-24-29(30(31)32-4-2)34(33-25,26-18-11-7-12-19-26,27-20-13-8-14-21-27)28-22-15-9-16-23-28/h7-9,11-16,18-23,25,29H,3-6,10,17,24H2,1-2H3. The zero-order chi connectivity index (χ0) is 23.9. The summed E-state index contributed by atoms with van der Waals surface area (Å²) in [5.41, 5.74) is -0.380. The summed E-state index contributed by atoms with van der Waals surface area (Å²) in [5, 5.41) is 3.29. The van der Waals surface area contributed by atoms with Crippen molar-refractivity contribution >= 4 is 28.7 Å². The van der Waals surface area contributed by atoms with Gasteiger partial charge in [0.25, 0.3) is 0 Å². The molecule has 0 saturated carbocycles. The van der Waals surface area contributed by atoms with Crippen molar-refractivity contribution in [3.8, 4) is 0 Å². The van der Waals surface area contributed by atoms with Crippen molar-refractivity contribution in [3.05, 3.63) is 91.0 Å². The second-order valence-corrected chi connectivity index (χ2v) is 13.8. The van der Waals surface area contributed by atoms with Crippen molar-refractivity contribution < 1.29 is 14.1 Å². The van der Waals surface area contributed by atoms with Gasteiger partial charge in [-0.15, -0.1) is 0 Å². The van der Waals surface area contributed by atoms with Gasteiger partial charge in [0.05, 0.1) is 0 Å². The first-order valence-corrected chi connectivity index (χ1v) is 14.9. The molecule has 34 heavy (non-hydrogen) atoms. The van der Waals surface area contributed by atoms with Crippen LogP contribution in [0.1, 0.15) is 52.4 Å². The molecule has 3 aromatic rings. The van der Waals surface area contributed by atoms with Crippen LogP contribution in [0.15, 0.2) is 91.0 Å². The van der Waals surface area contributed by atoms with E-state index < -0.39 is 6.83 Å². The maximum absolute atomic E-state index is 13.8. The number of hydrogen-bond acceptors (Lipinski definition) is 3. The number of rotatable bonds is 10. The number of esters is 1.